The Morgan fingerprint density at radius 2 is 1.55 bits per heavy atom. The molecule has 0 atom stereocenters. The van der Waals surface area contributed by atoms with Crippen LogP contribution in [0.25, 0.3) is 0 Å². The lowest BCUT2D eigenvalue weighted by Gasteiger charge is -2.10. The van der Waals surface area contributed by atoms with Gasteiger partial charge in [0, 0.05) is 18.0 Å². The van der Waals surface area contributed by atoms with Gasteiger partial charge in [-0.3, -0.25) is 0 Å². The van der Waals surface area contributed by atoms with E-state index in [4.69, 9.17) is 14.2 Å². The zero-order valence-electron chi connectivity index (χ0n) is 12.8. The van der Waals surface area contributed by atoms with Crippen molar-refractivity contribution in [1.82, 2.24) is 0 Å². The molecule has 0 fully saturated rings. The van der Waals surface area contributed by atoms with Crippen LogP contribution in [0.1, 0.15) is 17.5 Å². The molecular weight excluding hydrogens is 344 g/mol. The molecule has 0 aliphatic rings. The van der Waals surface area contributed by atoms with E-state index in [1.54, 1.807) is 7.11 Å². The fourth-order valence-electron chi connectivity index (χ4n) is 2.06. The van der Waals surface area contributed by atoms with E-state index in [9.17, 15) is 0 Å². The highest BCUT2D eigenvalue weighted by Crippen LogP contribution is 2.16. The molecular formula is C18H21BrO3. The van der Waals surface area contributed by atoms with Gasteiger partial charge in [0.1, 0.15) is 5.75 Å². The van der Waals surface area contributed by atoms with E-state index in [1.165, 1.54) is 11.1 Å². The van der Waals surface area contributed by atoms with Gasteiger partial charge in [0.15, 0.2) is 0 Å². The molecule has 0 aliphatic heterocycles. The molecule has 3 nitrogen and oxygen atoms in total. The van der Waals surface area contributed by atoms with Crippen molar-refractivity contribution in [2.24, 2.45) is 0 Å². The minimum Gasteiger partial charge on any atom is -0.494 e. The van der Waals surface area contributed by atoms with Crippen LogP contribution in [0.4, 0.5) is 0 Å². The smallest absolute Gasteiger partial charge is 0.119 e. The summed E-state index contributed by atoms with van der Waals surface area (Å²) in [5, 5.41) is 0. The zero-order valence-corrected chi connectivity index (χ0v) is 14.3. The first-order chi connectivity index (χ1) is 10.8. The first kappa shape index (κ1) is 17.0. The standard InChI is InChI=1S/C18H21BrO3/c1-20-13-15-5-2-3-6-16(15)14-21-11-4-12-22-18-9-7-17(19)8-10-18/h2-3,5-10H,4,11-14H2,1H3. The number of methoxy groups -OCH3 is 1. The second-order valence-electron chi connectivity index (χ2n) is 4.91. The Kier molecular flexibility index (Phi) is 7.43. The molecule has 0 heterocycles. The van der Waals surface area contributed by atoms with Crippen LogP contribution in [0.15, 0.2) is 53.0 Å². The van der Waals surface area contributed by atoms with Crippen molar-refractivity contribution < 1.29 is 14.2 Å². The number of rotatable bonds is 9. The summed E-state index contributed by atoms with van der Waals surface area (Å²) in [6, 6.07) is 16.0. The van der Waals surface area contributed by atoms with Gasteiger partial charge in [-0.15, -0.1) is 0 Å². The van der Waals surface area contributed by atoms with E-state index in [1.807, 2.05) is 36.4 Å². The van der Waals surface area contributed by atoms with E-state index >= 15 is 0 Å². The second kappa shape index (κ2) is 9.62. The highest BCUT2D eigenvalue weighted by Gasteiger charge is 2.01. The molecule has 2 aromatic carbocycles. The molecule has 0 unspecified atom stereocenters. The fourth-order valence-corrected chi connectivity index (χ4v) is 2.32. The van der Waals surface area contributed by atoms with Gasteiger partial charge in [0.2, 0.25) is 0 Å². The summed E-state index contributed by atoms with van der Waals surface area (Å²) in [6.07, 6.45) is 0.864. The van der Waals surface area contributed by atoms with Gasteiger partial charge in [0.25, 0.3) is 0 Å². The molecule has 0 spiro atoms. The van der Waals surface area contributed by atoms with E-state index in [0.717, 1.165) is 16.6 Å². The lowest BCUT2D eigenvalue weighted by molar-refractivity contribution is 0.105. The van der Waals surface area contributed by atoms with Crippen molar-refractivity contribution in [2.45, 2.75) is 19.6 Å². The molecule has 0 aromatic heterocycles. The lowest BCUT2D eigenvalue weighted by atomic mass is 10.1. The van der Waals surface area contributed by atoms with Gasteiger partial charge in [-0.25, -0.2) is 0 Å². The topological polar surface area (TPSA) is 27.7 Å². The predicted octanol–water partition coefficient (Wildman–Crippen LogP) is 4.58. The lowest BCUT2D eigenvalue weighted by Crippen LogP contribution is -2.04. The van der Waals surface area contributed by atoms with E-state index in [-0.39, 0.29) is 0 Å². The van der Waals surface area contributed by atoms with Crippen LogP contribution in [0, 0.1) is 0 Å². The van der Waals surface area contributed by atoms with Crippen LogP contribution in [0.5, 0.6) is 5.75 Å². The quantitative estimate of drug-likeness (QED) is 0.609. The highest BCUT2D eigenvalue weighted by atomic mass is 79.9. The molecule has 2 aromatic rings. The molecule has 4 heteroatoms. The molecule has 0 saturated heterocycles. The van der Waals surface area contributed by atoms with Crippen molar-refractivity contribution in [2.75, 3.05) is 20.3 Å². The molecule has 0 saturated carbocycles. The van der Waals surface area contributed by atoms with Crippen LogP contribution in [0.3, 0.4) is 0 Å². The summed E-state index contributed by atoms with van der Waals surface area (Å²) in [6.45, 7) is 2.56. The number of benzene rings is 2. The molecule has 0 aliphatic carbocycles. The van der Waals surface area contributed by atoms with Gasteiger partial charge < -0.3 is 14.2 Å². The van der Waals surface area contributed by atoms with Crippen molar-refractivity contribution in [3.05, 3.63) is 64.1 Å². The summed E-state index contributed by atoms with van der Waals surface area (Å²) in [4.78, 5) is 0. The number of halogens is 1. The van der Waals surface area contributed by atoms with E-state index < -0.39 is 0 Å². The molecule has 0 radical (unpaired) electrons. The third kappa shape index (κ3) is 5.79. The number of ether oxygens (including phenoxy) is 3. The van der Waals surface area contributed by atoms with Crippen molar-refractivity contribution >= 4 is 15.9 Å². The average molecular weight is 365 g/mol. The second-order valence-corrected chi connectivity index (χ2v) is 5.83. The van der Waals surface area contributed by atoms with Crippen molar-refractivity contribution in [1.29, 1.82) is 0 Å². The summed E-state index contributed by atoms with van der Waals surface area (Å²) in [7, 11) is 1.71. The van der Waals surface area contributed by atoms with Crippen LogP contribution >= 0.6 is 15.9 Å². The fraction of sp³-hybridized carbons (Fsp3) is 0.333. The predicted molar refractivity (Wildman–Crippen MR) is 91.1 cm³/mol. The molecule has 0 amide bonds. The van der Waals surface area contributed by atoms with Gasteiger partial charge in [-0.05, 0) is 35.4 Å². The SMILES string of the molecule is COCc1ccccc1COCCCOc1ccc(Br)cc1. The summed E-state index contributed by atoms with van der Waals surface area (Å²) < 4.78 is 17.6. The molecule has 0 bridgehead atoms. The maximum atomic E-state index is 5.72. The van der Waals surface area contributed by atoms with Crippen LogP contribution < -0.4 is 4.74 Å². The van der Waals surface area contributed by atoms with Crippen molar-refractivity contribution in [3.63, 3.8) is 0 Å². The van der Waals surface area contributed by atoms with Crippen molar-refractivity contribution in [3.8, 4) is 5.75 Å². The Morgan fingerprint density at radius 3 is 2.23 bits per heavy atom. The largest absolute Gasteiger partial charge is 0.494 e. The Morgan fingerprint density at radius 1 is 0.864 bits per heavy atom. The molecule has 0 N–H and O–H groups in total. The minimum atomic E-state index is 0.609. The average Bonchev–Trinajstić information content (AvgIpc) is 2.54. The third-order valence-corrected chi connectivity index (χ3v) is 3.72. The maximum Gasteiger partial charge on any atom is 0.119 e. The summed E-state index contributed by atoms with van der Waals surface area (Å²) >= 11 is 3.40. The maximum absolute atomic E-state index is 5.72. The van der Waals surface area contributed by atoms with Gasteiger partial charge in [-0.1, -0.05) is 40.2 Å². The molecule has 2 rings (SSSR count). The molecule has 22 heavy (non-hydrogen) atoms. The Balaban J connectivity index is 1.64. The summed E-state index contributed by atoms with van der Waals surface area (Å²) in [5.74, 6) is 0.883. The zero-order chi connectivity index (χ0) is 15.6. The first-order valence-electron chi connectivity index (χ1n) is 7.31. The minimum absolute atomic E-state index is 0.609. The van der Waals surface area contributed by atoms with Gasteiger partial charge in [-0.2, -0.15) is 0 Å². The Labute approximate surface area is 140 Å². The van der Waals surface area contributed by atoms with E-state index in [2.05, 4.69) is 28.1 Å². The van der Waals surface area contributed by atoms with Crippen LogP contribution in [-0.4, -0.2) is 20.3 Å². The van der Waals surface area contributed by atoms with E-state index in [0.29, 0.717) is 26.4 Å². The first-order valence-corrected chi connectivity index (χ1v) is 8.10. The van der Waals surface area contributed by atoms with Crippen LogP contribution in [-0.2, 0) is 22.7 Å². The third-order valence-electron chi connectivity index (χ3n) is 3.19. The van der Waals surface area contributed by atoms with Crippen LogP contribution in [0.2, 0.25) is 0 Å². The number of hydrogen-bond donors (Lipinski definition) is 0. The monoisotopic (exact) mass is 364 g/mol. The van der Waals surface area contributed by atoms with Gasteiger partial charge in [0.05, 0.1) is 26.4 Å². The number of hydrogen-bond acceptors (Lipinski definition) is 3. The Bertz CT molecular complexity index is 555. The normalized spacial score (nSPS) is 10.6. The Hall–Kier alpha value is -1.36. The summed E-state index contributed by atoms with van der Waals surface area (Å²) in [5.41, 5.74) is 2.36. The highest BCUT2D eigenvalue weighted by molar-refractivity contribution is 9.10. The van der Waals surface area contributed by atoms with Gasteiger partial charge >= 0.3 is 0 Å². The molecule has 118 valence electrons.